The number of aryl methyl sites for hydroxylation is 1. The average molecular weight is 432 g/mol. The van der Waals surface area contributed by atoms with Gasteiger partial charge in [0.1, 0.15) is 11.6 Å². The third kappa shape index (κ3) is 5.23. The third-order valence-electron chi connectivity index (χ3n) is 5.79. The van der Waals surface area contributed by atoms with Crippen LogP contribution in [0.5, 0.6) is 5.75 Å². The van der Waals surface area contributed by atoms with Crippen LogP contribution in [0.25, 0.3) is 11.4 Å². The molecule has 1 fully saturated rings. The van der Waals surface area contributed by atoms with E-state index in [4.69, 9.17) is 4.98 Å². The van der Waals surface area contributed by atoms with Gasteiger partial charge in [0.25, 0.3) is 5.91 Å². The fourth-order valence-electron chi connectivity index (χ4n) is 3.70. The lowest BCUT2D eigenvalue weighted by Crippen LogP contribution is -2.47. The van der Waals surface area contributed by atoms with Gasteiger partial charge < -0.3 is 20.2 Å². The number of nitrogens with zero attached hydrogens (tertiary/aromatic N) is 4. The first-order valence-electron chi connectivity index (χ1n) is 10.9. The summed E-state index contributed by atoms with van der Waals surface area (Å²) in [6.45, 7) is 6.03. The quantitative estimate of drug-likeness (QED) is 0.624. The topological polar surface area (TPSA) is 81.6 Å². The number of aromatic nitrogens is 2. The van der Waals surface area contributed by atoms with Gasteiger partial charge in [-0.2, -0.15) is 0 Å². The van der Waals surface area contributed by atoms with E-state index in [2.05, 4.69) is 22.2 Å². The fraction of sp³-hybridized carbons (Fsp3) is 0.320. The van der Waals surface area contributed by atoms with E-state index in [0.717, 1.165) is 61.7 Å². The molecule has 3 aromatic rings. The molecular formula is C25H29N5O2. The molecule has 0 saturated carbocycles. The molecule has 1 saturated heterocycles. The highest BCUT2D eigenvalue weighted by molar-refractivity contribution is 5.94. The Bertz CT molecular complexity index is 1060. The first-order valence-corrected chi connectivity index (χ1v) is 10.9. The number of anilines is 1. The Morgan fingerprint density at radius 2 is 1.72 bits per heavy atom. The van der Waals surface area contributed by atoms with Crippen molar-refractivity contribution in [2.24, 2.45) is 0 Å². The number of phenols is 1. The molecule has 0 spiro atoms. The number of rotatable bonds is 6. The highest BCUT2D eigenvalue weighted by Gasteiger charge is 2.20. The van der Waals surface area contributed by atoms with Gasteiger partial charge in [0.05, 0.1) is 0 Å². The summed E-state index contributed by atoms with van der Waals surface area (Å²) in [5.74, 6) is 1.77. The Kier molecular flexibility index (Phi) is 6.66. The first-order chi connectivity index (χ1) is 15.5. The van der Waals surface area contributed by atoms with E-state index in [-0.39, 0.29) is 11.7 Å². The standard InChI is InChI=1S/C25H29N5O2/c1-18-17-27-24(28-23(18)26-12-11-19-3-9-22(31)10-4-19)20-5-7-21(8-6-20)25(32)30-15-13-29(2)14-16-30/h3-10,17,31H,11-16H2,1-2H3,(H,26,27,28). The molecule has 0 unspecified atom stereocenters. The Labute approximate surface area is 188 Å². The van der Waals surface area contributed by atoms with Crippen molar-refractivity contribution in [2.45, 2.75) is 13.3 Å². The second kappa shape index (κ2) is 9.78. The maximum absolute atomic E-state index is 12.8. The van der Waals surface area contributed by atoms with Gasteiger partial charge >= 0.3 is 0 Å². The molecule has 0 bridgehead atoms. The van der Waals surface area contributed by atoms with Crippen molar-refractivity contribution in [2.75, 3.05) is 45.1 Å². The van der Waals surface area contributed by atoms with Gasteiger partial charge in [-0.15, -0.1) is 0 Å². The normalized spacial score (nSPS) is 14.4. The highest BCUT2D eigenvalue weighted by Crippen LogP contribution is 2.20. The van der Waals surface area contributed by atoms with E-state index in [1.807, 2.05) is 54.4 Å². The Morgan fingerprint density at radius 1 is 1.03 bits per heavy atom. The van der Waals surface area contributed by atoms with E-state index in [1.165, 1.54) is 0 Å². The van der Waals surface area contributed by atoms with Crippen LogP contribution >= 0.6 is 0 Å². The van der Waals surface area contributed by atoms with Crippen LogP contribution in [0.1, 0.15) is 21.5 Å². The number of carbonyl (C=O) groups excluding carboxylic acids is 1. The largest absolute Gasteiger partial charge is 0.508 e. The second-order valence-corrected chi connectivity index (χ2v) is 8.24. The molecule has 7 heteroatoms. The summed E-state index contributed by atoms with van der Waals surface area (Å²) >= 11 is 0. The number of benzene rings is 2. The summed E-state index contributed by atoms with van der Waals surface area (Å²) in [6.07, 6.45) is 2.64. The monoisotopic (exact) mass is 431 g/mol. The number of piperazine rings is 1. The molecule has 2 heterocycles. The van der Waals surface area contributed by atoms with Crippen molar-refractivity contribution in [3.8, 4) is 17.1 Å². The molecule has 4 rings (SSSR count). The summed E-state index contributed by atoms with van der Waals surface area (Å²) in [5.41, 5.74) is 3.68. The van der Waals surface area contributed by atoms with Crippen molar-refractivity contribution in [3.63, 3.8) is 0 Å². The van der Waals surface area contributed by atoms with E-state index < -0.39 is 0 Å². The zero-order valence-electron chi connectivity index (χ0n) is 18.6. The van der Waals surface area contributed by atoms with E-state index in [9.17, 15) is 9.90 Å². The SMILES string of the molecule is Cc1cnc(-c2ccc(C(=O)N3CCN(C)CC3)cc2)nc1NCCc1ccc(O)cc1. The third-order valence-corrected chi connectivity index (χ3v) is 5.79. The number of hydrogen-bond donors (Lipinski definition) is 2. The number of hydrogen-bond acceptors (Lipinski definition) is 6. The number of nitrogens with one attached hydrogen (secondary N) is 1. The van der Waals surface area contributed by atoms with Gasteiger partial charge in [0.15, 0.2) is 5.82 Å². The van der Waals surface area contributed by atoms with Crippen molar-refractivity contribution in [3.05, 3.63) is 71.4 Å². The van der Waals surface area contributed by atoms with Crippen LogP contribution in [-0.2, 0) is 6.42 Å². The second-order valence-electron chi connectivity index (χ2n) is 8.24. The molecule has 2 aromatic carbocycles. The molecule has 32 heavy (non-hydrogen) atoms. The van der Waals surface area contributed by atoms with Gasteiger partial charge in [0, 0.05) is 55.6 Å². The molecule has 1 amide bonds. The van der Waals surface area contributed by atoms with Crippen molar-refractivity contribution < 1.29 is 9.90 Å². The predicted molar refractivity (Wildman–Crippen MR) is 126 cm³/mol. The van der Waals surface area contributed by atoms with Gasteiger partial charge in [-0.1, -0.05) is 24.3 Å². The number of aromatic hydroxyl groups is 1. The Morgan fingerprint density at radius 3 is 2.41 bits per heavy atom. The summed E-state index contributed by atoms with van der Waals surface area (Å²) in [6, 6.07) is 14.8. The minimum Gasteiger partial charge on any atom is -0.508 e. The first kappa shape index (κ1) is 21.8. The summed E-state index contributed by atoms with van der Waals surface area (Å²) < 4.78 is 0. The number of carbonyl (C=O) groups is 1. The maximum atomic E-state index is 12.8. The maximum Gasteiger partial charge on any atom is 0.253 e. The van der Waals surface area contributed by atoms with Crippen LogP contribution in [0.15, 0.2) is 54.7 Å². The smallest absolute Gasteiger partial charge is 0.253 e. The Hall–Kier alpha value is -3.45. The number of amides is 1. The molecule has 0 radical (unpaired) electrons. The molecule has 1 aliphatic rings. The van der Waals surface area contributed by atoms with Crippen molar-refractivity contribution in [1.82, 2.24) is 19.8 Å². The fourth-order valence-corrected chi connectivity index (χ4v) is 3.70. The lowest BCUT2D eigenvalue weighted by molar-refractivity contribution is 0.0664. The molecule has 2 N–H and O–H groups in total. The molecule has 1 aromatic heterocycles. The molecule has 1 aliphatic heterocycles. The molecular weight excluding hydrogens is 402 g/mol. The highest BCUT2D eigenvalue weighted by atomic mass is 16.3. The minimum absolute atomic E-state index is 0.0751. The zero-order valence-corrected chi connectivity index (χ0v) is 18.6. The van der Waals surface area contributed by atoms with E-state index >= 15 is 0 Å². The summed E-state index contributed by atoms with van der Waals surface area (Å²) in [4.78, 5) is 26.1. The van der Waals surface area contributed by atoms with Gasteiger partial charge in [0.2, 0.25) is 0 Å². The predicted octanol–water partition coefficient (Wildman–Crippen LogP) is 3.20. The van der Waals surface area contributed by atoms with Crippen LogP contribution in [-0.4, -0.2) is 70.6 Å². The molecule has 0 aliphatic carbocycles. The summed E-state index contributed by atoms with van der Waals surface area (Å²) in [7, 11) is 2.08. The van der Waals surface area contributed by atoms with E-state index in [0.29, 0.717) is 11.4 Å². The molecule has 166 valence electrons. The number of likely N-dealkylation sites (N-methyl/N-ethyl adjacent to an activating group) is 1. The van der Waals surface area contributed by atoms with E-state index in [1.54, 1.807) is 12.1 Å². The minimum atomic E-state index is 0.0751. The van der Waals surface area contributed by atoms with Gasteiger partial charge in [-0.05, 0) is 50.2 Å². The van der Waals surface area contributed by atoms with Crippen LogP contribution < -0.4 is 5.32 Å². The lowest BCUT2D eigenvalue weighted by Gasteiger charge is -2.32. The zero-order chi connectivity index (χ0) is 22.5. The lowest BCUT2D eigenvalue weighted by atomic mass is 10.1. The van der Waals surface area contributed by atoms with Crippen molar-refractivity contribution in [1.29, 1.82) is 0 Å². The number of phenolic OH excluding ortho intramolecular Hbond substituents is 1. The Balaban J connectivity index is 1.41. The molecule has 7 nitrogen and oxygen atoms in total. The molecule has 0 atom stereocenters. The average Bonchev–Trinajstić information content (AvgIpc) is 2.82. The van der Waals surface area contributed by atoms with Gasteiger partial charge in [-0.3, -0.25) is 4.79 Å². The van der Waals surface area contributed by atoms with Crippen LogP contribution in [0.2, 0.25) is 0 Å². The van der Waals surface area contributed by atoms with Crippen LogP contribution in [0, 0.1) is 6.92 Å². The van der Waals surface area contributed by atoms with Crippen molar-refractivity contribution >= 4 is 11.7 Å². The summed E-state index contributed by atoms with van der Waals surface area (Å²) in [5, 5.41) is 12.8. The van der Waals surface area contributed by atoms with Gasteiger partial charge in [-0.25, -0.2) is 9.97 Å². The van der Waals surface area contributed by atoms with Crippen LogP contribution in [0.4, 0.5) is 5.82 Å². The van der Waals surface area contributed by atoms with Crippen LogP contribution in [0.3, 0.4) is 0 Å².